The molecule has 1 aromatic rings. The third-order valence-electron chi connectivity index (χ3n) is 9.49. The molecule has 172 valence electrons. The Labute approximate surface area is 183 Å². The summed E-state index contributed by atoms with van der Waals surface area (Å²) in [6, 6.07) is 0. The molecular weight excluding hydrogens is 396 g/mol. The first-order chi connectivity index (χ1) is 14.7. The van der Waals surface area contributed by atoms with Gasteiger partial charge in [0.1, 0.15) is 18.0 Å². The van der Waals surface area contributed by atoms with E-state index in [1.54, 1.807) is 18.7 Å². The molecule has 0 amide bonds. The summed E-state index contributed by atoms with van der Waals surface area (Å²) in [6.07, 6.45) is 10.6. The van der Waals surface area contributed by atoms with Crippen LogP contribution in [0, 0.1) is 34.5 Å². The highest BCUT2D eigenvalue weighted by molar-refractivity contribution is 5.92. The summed E-state index contributed by atoms with van der Waals surface area (Å²) < 4.78 is 0. The highest BCUT2D eigenvalue weighted by atomic mass is 16.3. The molecule has 0 aromatic carbocycles. The predicted octanol–water partition coefficient (Wildman–Crippen LogP) is 2.27. The lowest BCUT2D eigenvalue weighted by Gasteiger charge is -2.60. The summed E-state index contributed by atoms with van der Waals surface area (Å²) >= 11 is 0. The van der Waals surface area contributed by atoms with Crippen molar-refractivity contribution < 1.29 is 24.9 Å². The minimum Gasteiger partial charge on any atom is -0.393 e. The van der Waals surface area contributed by atoms with Gasteiger partial charge < -0.3 is 20.3 Å². The van der Waals surface area contributed by atoms with Gasteiger partial charge in [0.05, 0.1) is 12.4 Å². The summed E-state index contributed by atoms with van der Waals surface area (Å²) in [5, 5.41) is 30.6. The second kappa shape index (κ2) is 8.09. The second-order valence-corrected chi connectivity index (χ2v) is 10.8. The Kier molecular flexibility index (Phi) is 5.90. The molecule has 31 heavy (non-hydrogen) atoms. The number of aliphatic hydroxyl groups excluding tert-OH is 2. The zero-order chi connectivity index (χ0) is 22.4. The summed E-state index contributed by atoms with van der Waals surface area (Å²) in [5.41, 5.74) is -2.40. The third-order valence-corrected chi connectivity index (χ3v) is 9.49. The van der Waals surface area contributed by atoms with Crippen molar-refractivity contribution in [3.05, 3.63) is 18.7 Å². The predicted molar refractivity (Wildman–Crippen MR) is 114 cm³/mol. The molecule has 0 bridgehead atoms. The van der Waals surface area contributed by atoms with E-state index in [0.29, 0.717) is 12.3 Å². The first-order valence-electron chi connectivity index (χ1n) is 11.7. The molecule has 4 fully saturated rings. The van der Waals surface area contributed by atoms with Crippen LogP contribution >= 0.6 is 0 Å². The minimum atomic E-state index is -1.58. The van der Waals surface area contributed by atoms with E-state index in [0.717, 1.165) is 38.5 Å². The van der Waals surface area contributed by atoms with Crippen LogP contribution in [-0.2, 0) is 9.59 Å². The monoisotopic (exact) mass is 432 g/mol. The van der Waals surface area contributed by atoms with Crippen molar-refractivity contribution in [3.63, 3.8) is 0 Å². The van der Waals surface area contributed by atoms with Gasteiger partial charge in [-0.3, -0.25) is 9.59 Å². The zero-order valence-electron chi connectivity index (χ0n) is 18.6. The number of aromatic amines is 1. The minimum absolute atomic E-state index is 0.0154. The molecule has 0 spiro atoms. The summed E-state index contributed by atoms with van der Waals surface area (Å²) in [4.78, 5) is 32.1. The van der Waals surface area contributed by atoms with Crippen molar-refractivity contribution in [1.82, 2.24) is 9.97 Å². The number of Topliss-reactive ketones (excluding diaryl/α,β-unsaturated/α-hetero) is 2. The van der Waals surface area contributed by atoms with Gasteiger partial charge in [0.2, 0.25) is 0 Å². The molecular formula is C24H36N2O5. The molecule has 4 aliphatic carbocycles. The average molecular weight is 433 g/mol. The van der Waals surface area contributed by atoms with Crippen LogP contribution in [0.5, 0.6) is 0 Å². The average Bonchev–Trinajstić information content (AvgIpc) is 3.39. The second-order valence-electron chi connectivity index (χ2n) is 10.8. The van der Waals surface area contributed by atoms with Gasteiger partial charge in [0.15, 0.2) is 5.78 Å². The number of hydrogen-bond acceptors (Lipinski definition) is 6. The maximum atomic E-state index is 13.4. The number of fused-ring (bicyclic) bond motifs is 5. The quantitative estimate of drug-likeness (QED) is 0.568. The van der Waals surface area contributed by atoms with E-state index in [2.05, 4.69) is 16.9 Å². The van der Waals surface area contributed by atoms with E-state index >= 15 is 0 Å². The smallest absolute Gasteiger partial charge is 0.190 e. The Bertz CT molecular complexity index is 796. The molecule has 0 unspecified atom stereocenters. The summed E-state index contributed by atoms with van der Waals surface area (Å²) in [5.74, 6) is 0.380. The van der Waals surface area contributed by atoms with Crippen LogP contribution in [0.25, 0.3) is 0 Å². The number of carbonyl (C=O) groups is 2. The normalized spacial score (nSPS) is 46.2. The van der Waals surface area contributed by atoms with Gasteiger partial charge in [-0.25, -0.2) is 4.98 Å². The largest absolute Gasteiger partial charge is 0.393 e. The van der Waals surface area contributed by atoms with Crippen molar-refractivity contribution in [3.8, 4) is 0 Å². The highest BCUT2D eigenvalue weighted by Crippen LogP contribution is 2.67. The van der Waals surface area contributed by atoms with Crippen molar-refractivity contribution in [2.24, 2.45) is 34.5 Å². The first-order valence-corrected chi connectivity index (χ1v) is 11.7. The molecule has 7 heteroatoms. The fourth-order valence-corrected chi connectivity index (χ4v) is 7.86. The Morgan fingerprint density at radius 1 is 1.23 bits per heavy atom. The van der Waals surface area contributed by atoms with E-state index in [-0.39, 0.29) is 41.5 Å². The van der Waals surface area contributed by atoms with Gasteiger partial charge >= 0.3 is 0 Å². The van der Waals surface area contributed by atoms with Crippen molar-refractivity contribution in [2.75, 3.05) is 6.61 Å². The molecule has 1 aromatic heterocycles. The van der Waals surface area contributed by atoms with Crippen LogP contribution in [0.3, 0.4) is 0 Å². The van der Waals surface area contributed by atoms with Crippen LogP contribution in [0.2, 0.25) is 0 Å². The summed E-state index contributed by atoms with van der Waals surface area (Å²) in [7, 11) is 0. The number of H-pyrrole nitrogens is 1. The van der Waals surface area contributed by atoms with Crippen molar-refractivity contribution >= 4 is 11.6 Å². The lowest BCUT2D eigenvalue weighted by molar-refractivity contribution is -0.180. The molecule has 4 N–H and O–H groups in total. The lowest BCUT2D eigenvalue weighted by atomic mass is 9.44. The number of carbonyl (C=O) groups excluding carboxylic acids is 2. The highest BCUT2D eigenvalue weighted by Gasteiger charge is 2.68. The van der Waals surface area contributed by atoms with Crippen LogP contribution < -0.4 is 0 Å². The van der Waals surface area contributed by atoms with Crippen molar-refractivity contribution in [2.45, 2.75) is 76.9 Å². The number of nitrogens with zero attached hydrogens (tertiary/aromatic N) is 1. The van der Waals surface area contributed by atoms with Gasteiger partial charge in [0, 0.05) is 30.1 Å². The lowest BCUT2D eigenvalue weighted by Crippen LogP contribution is -2.62. The fraction of sp³-hybridized carbons (Fsp3) is 0.792. The number of imidazole rings is 1. The van der Waals surface area contributed by atoms with Crippen molar-refractivity contribution in [1.29, 1.82) is 0 Å². The zero-order valence-corrected chi connectivity index (χ0v) is 18.6. The fourth-order valence-electron chi connectivity index (χ4n) is 7.86. The summed E-state index contributed by atoms with van der Waals surface area (Å²) in [6.45, 7) is 3.46. The van der Waals surface area contributed by atoms with Gasteiger partial charge in [-0.1, -0.05) is 13.8 Å². The van der Waals surface area contributed by atoms with E-state index in [9.17, 15) is 24.9 Å². The molecule has 4 saturated carbocycles. The molecule has 7 nitrogen and oxygen atoms in total. The Hall–Kier alpha value is -1.57. The Morgan fingerprint density at radius 3 is 2.61 bits per heavy atom. The molecule has 0 aliphatic heterocycles. The Morgan fingerprint density at radius 2 is 2.00 bits per heavy atom. The molecule has 1 heterocycles. The first kappa shape index (κ1) is 22.6. The third kappa shape index (κ3) is 3.40. The SMILES string of the molecule is C[C@]12CC[C@@H](O)C[C@H]1CC[C@@H]1[C@@H]2C(=O)C[C@@]2(C)[C@H]1CC[C@]2(O)C(=O)CO.c1c[nH]cn1. The molecule has 0 saturated heterocycles. The van der Waals surface area contributed by atoms with E-state index in [4.69, 9.17) is 0 Å². The van der Waals surface area contributed by atoms with E-state index in [1.165, 1.54) is 0 Å². The van der Waals surface area contributed by atoms with Gasteiger partial charge in [0.25, 0.3) is 0 Å². The standard InChI is InChI=1S/C21H32O5.C3H4N2/c1-19-7-5-13(23)9-12(19)3-4-14-15-6-8-21(26,17(25)11-22)20(15,2)10-16(24)18(14)19;1-2-5-3-4-1/h12-15,18,22-23,26H,3-11H2,1-2H3;1-3H,(H,4,5)/t12-,13-,14+,15+,18-,19+,20+,21+;/m1./s1. The van der Waals surface area contributed by atoms with Crippen LogP contribution in [0.4, 0.5) is 0 Å². The van der Waals surface area contributed by atoms with Crippen LogP contribution in [0.1, 0.15) is 65.2 Å². The molecule has 8 atom stereocenters. The number of hydrogen-bond donors (Lipinski definition) is 4. The molecule has 4 aliphatic rings. The van der Waals surface area contributed by atoms with Crippen LogP contribution in [-0.4, -0.2) is 55.2 Å². The Balaban J connectivity index is 0.000000407. The number of aliphatic hydroxyl groups is 3. The molecule has 0 radical (unpaired) electrons. The molecule has 5 rings (SSSR count). The van der Waals surface area contributed by atoms with E-state index < -0.39 is 23.4 Å². The van der Waals surface area contributed by atoms with Gasteiger partial charge in [-0.15, -0.1) is 0 Å². The van der Waals surface area contributed by atoms with Gasteiger partial charge in [-0.05, 0) is 68.1 Å². The van der Waals surface area contributed by atoms with Crippen LogP contribution in [0.15, 0.2) is 18.7 Å². The van der Waals surface area contributed by atoms with E-state index in [1.807, 2.05) is 6.92 Å². The number of nitrogens with one attached hydrogen (secondary N) is 1. The number of ketones is 2. The maximum absolute atomic E-state index is 13.4. The number of aromatic nitrogens is 2. The number of rotatable bonds is 2. The topological polar surface area (TPSA) is 124 Å². The van der Waals surface area contributed by atoms with Gasteiger partial charge in [-0.2, -0.15) is 0 Å². The maximum Gasteiger partial charge on any atom is 0.190 e.